The highest BCUT2D eigenvalue weighted by Gasteiger charge is 2.17. The van der Waals surface area contributed by atoms with Gasteiger partial charge in [-0.15, -0.1) is 0 Å². The third-order valence-corrected chi connectivity index (χ3v) is 2.46. The molecule has 0 aliphatic carbocycles. The molecule has 0 saturated carbocycles. The topological polar surface area (TPSA) is 88.1 Å². The molecule has 0 aliphatic heterocycles. The minimum Gasteiger partial charge on any atom is -0.481 e. The highest BCUT2D eigenvalue weighted by atomic mass is 35.5. The highest BCUT2D eigenvalue weighted by molar-refractivity contribution is 6.31. The lowest BCUT2D eigenvalue weighted by Gasteiger charge is -2.15. The molecule has 1 atom stereocenters. The van der Waals surface area contributed by atoms with Gasteiger partial charge in [-0.2, -0.15) is 5.26 Å². The van der Waals surface area contributed by atoms with E-state index in [0.717, 1.165) is 0 Å². The van der Waals surface area contributed by atoms with Crippen LogP contribution in [0.3, 0.4) is 0 Å². The predicted molar refractivity (Wildman–Crippen MR) is 63.2 cm³/mol. The van der Waals surface area contributed by atoms with E-state index in [1.54, 1.807) is 13.0 Å². The average Bonchev–Trinajstić information content (AvgIpc) is 2.35. The van der Waals surface area contributed by atoms with E-state index in [4.69, 9.17) is 27.4 Å². The van der Waals surface area contributed by atoms with Crippen LogP contribution in [0.15, 0.2) is 18.2 Å². The van der Waals surface area contributed by atoms with Crippen LogP contribution >= 0.6 is 11.6 Å². The number of carbonyl (C=O) groups is 1. The van der Waals surface area contributed by atoms with E-state index < -0.39 is 12.0 Å². The molecule has 5 nitrogen and oxygen atoms in total. The normalized spacial score (nSPS) is 11.4. The molecule has 6 heteroatoms. The number of rotatable bonds is 4. The van der Waals surface area contributed by atoms with E-state index in [0.29, 0.717) is 17.7 Å². The largest absolute Gasteiger partial charge is 0.481 e. The Bertz CT molecular complexity index is 457. The minimum absolute atomic E-state index is 0.285. The third-order valence-electron chi connectivity index (χ3n) is 2.14. The van der Waals surface area contributed by atoms with Gasteiger partial charge in [0.15, 0.2) is 6.10 Å². The number of nitriles is 1. The molecule has 90 valence electrons. The first-order valence-corrected chi connectivity index (χ1v) is 5.37. The van der Waals surface area contributed by atoms with Gasteiger partial charge in [0.25, 0.3) is 5.91 Å². The quantitative estimate of drug-likeness (QED) is 0.482. The van der Waals surface area contributed by atoms with Crippen molar-refractivity contribution >= 4 is 17.5 Å². The molecule has 3 N–H and O–H groups in total. The number of hydrogen-bond acceptors (Lipinski definition) is 4. The van der Waals surface area contributed by atoms with Crippen molar-refractivity contribution < 1.29 is 9.53 Å². The maximum absolute atomic E-state index is 11.3. The van der Waals surface area contributed by atoms with Crippen LogP contribution < -0.4 is 16.0 Å². The summed E-state index contributed by atoms with van der Waals surface area (Å²) in [5.41, 5.74) is 2.38. The van der Waals surface area contributed by atoms with E-state index >= 15 is 0 Å². The molecule has 1 unspecified atom stereocenters. The molecule has 0 aromatic heterocycles. The van der Waals surface area contributed by atoms with Gasteiger partial charge in [-0.05, 0) is 18.6 Å². The summed E-state index contributed by atoms with van der Waals surface area (Å²) < 4.78 is 5.41. The van der Waals surface area contributed by atoms with Gasteiger partial charge in [-0.1, -0.05) is 18.5 Å². The first kappa shape index (κ1) is 13.3. The van der Waals surface area contributed by atoms with Gasteiger partial charge < -0.3 is 4.74 Å². The summed E-state index contributed by atoms with van der Waals surface area (Å²) >= 11 is 5.84. The van der Waals surface area contributed by atoms with Crippen LogP contribution in [-0.4, -0.2) is 12.0 Å². The number of benzene rings is 1. The zero-order chi connectivity index (χ0) is 12.8. The molecule has 0 saturated heterocycles. The first-order valence-electron chi connectivity index (χ1n) is 4.99. The number of hydrogen-bond donors (Lipinski definition) is 2. The molecule has 0 heterocycles. The molecular weight excluding hydrogens is 242 g/mol. The van der Waals surface area contributed by atoms with Gasteiger partial charge in [-0.25, -0.2) is 5.84 Å². The molecule has 1 aromatic rings. The monoisotopic (exact) mass is 253 g/mol. The second-order valence-corrected chi connectivity index (χ2v) is 3.68. The zero-order valence-electron chi connectivity index (χ0n) is 9.24. The number of amides is 1. The Hall–Kier alpha value is -1.77. The van der Waals surface area contributed by atoms with E-state index in [9.17, 15) is 4.79 Å². The molecule has 1 amide bonds. The van der Waals surface area contributed by atoms with Crippen LogP contribution in [0.2, 0.25) is 5.02 Å². The summed E-state index contributed by atoms with van der Waals surface area (Å²) in [5, 5.41) is 8.99. The number of nitrogens with one attached hydrogen (secondary N) is 1. The number of carbonyl (C=O) groups excluding carboxylic acids is 1. The molecule has 1 aromatic carbocycles. The second-order valence-electron chi connectivity index (χ2n) is 3.28. The number of halogens is 1. The Balaban J connectivity index is 2.85. The van der Waals surface area contributed by atoms with Crippen LogP contribution in [0.5, 0.6) is 5.75 Å². The van der Waals surface area contributed by atoms with Gasteiger partial charge in [0.05, 0.1) is 10.6 Å². The Kier molecular flexibility index (Phi) is 4.76. The summed E-state index contributed by atoms with van der Waals surface area (Å²) in [6.45, 7) is 1.80. The standard InChI is InChI=1S/C11H12ClN3O2/c1-2-10(11(16)15-14)17-8-4-3-7(6-13)9(12)5-8/h3-5,10H,2,14H2,1H3,(H,15,16). The fraction of sp³-hybridized carbons (Fsp3) is 0.273. The maximum atomic E-state index is 11.3. The van der Waals surface area contributed by atoms with Crippen LogP contribution in [0, 0.1) is 11.3 Å². The SMILES string of the molecule is CCC(Oc1ccc(C#N)c(Cl)c1)C(=O)NN. The molecular formula is C11H12ClN3O2. The fourth-order valence-electron chi connectivity index (χ4n) is 1.24. The predicted octanol–water partition coefficient (Wildman–Crippen LogP) is 1.36. The number of nitrogens with zero attached hydrogens (tertiary/aromatic N) is 1. The van der Waals surface area contributed by atoms with E-state index in [-0.39, 0.29) is 5.02 Å². The number of nitrogens with two attached hydrogens (primary N) is 1. The van der Waals surface area contributed by atoms with Gasteiger partial charge in [0, 0.05) is 6.07 Å². The highest BCUT2D eigenvalue weighted by Crippen LogP contribution is 2.23. The minimum atomic E-state index is -0.677. The van der Waals surface area contributed by atoms with E-state index in [1.165, 1.54) is 12.1 Å². The summed E-state index contributed by atoms with van der Waals surface area (Å²) in [7, 11) is 0. The van der Waals surface area contributed by atoms with Gasteiger partial charge in [0.1, 0.15) is 11.8 Å². The summed E-state index contributed by atoms with van der Waals surface area (Å²) in [6, 6.07) is 6.54. The Labute approximate surface area is 104 Å². The van der Waals surface area contributed by atoms with Crippen molar-refractivity contribution in [1.82, 2.24) is 5.43 Å². The lowest BCUT2D eigenvalue weighted by Crippen LogP contribution is -2.41. The van der Waals surface area contributed by atoms with Crippen LogP contribution in [0.4, 0.5) is 0 Å². The van der Waals surface area contributed by atoms with Crippen LogP contribution in [0.25, 0.3) is 0 Å². The van der Waals surface area contributed by atoms with Crippen molar-refractivity contribution in [3.63, 3.8) is 0 Å². The average molecular weight is 254 g/mol. The summed E-state index contributed by atoms with van der Waals surface area (Å²) in [6.07, 6.45) is -0.204. The summed E-state index contributed by atoms with van der Waals surface area (Å²) in [5.74, 6) is 5.04. The van der Waals surface area contributed by atoms with Crippen molar-refractivity contribution in [3.05, 3.63) is 28.8 Å². The fourth-order valence-corrected chi connectivity index (χ4v) is 1.45. The molecule has 17 heavy (non-hydrogen) atoms. The van der Waals surface area contributed by atoms with E-state index in [1.807, 2.05) is 11.5 Å². The van der Waals surface area contributed by atoms with Crippen molar-refractivity contribution in [3.8, 4) is 11.8 Å². The smallest absolute Gasteiger partial charge is 0.274 e. The molecule has 0 radical (unpaired) electrons. The van der Waals surface area contributed by atoms with Gasteiger partial charge in [-0.3, -0.25) is 10.2 Å². The molecule has 0 spiro atoms. The molecule has 0 fully saturated rings. The van der Waals surface area contributed by atoms with Gasteiger partial charge >= 0.3 is 0 Å². The van der Waals surface area contributed by atoms with Crippen molar-refractivity contribution in [2.24, 2.45) is 5.84 Å². The van der Waals surface area contributed by atoms with Crippen molar-refractivity contribution in [1.29, 1.82) is 5.26 Å². The van der Waals surface area contributed by atoms with Crippen molar-refractivity contribution in [2.45, 2.75) is 19.4 Å². The van der Waals surface area contributed by atoms with E-state index in [2.05, 4.69) is 0 Å². The van der Waals surface area contributed by atoms with Crippen molar-refractivity contribution in [2.75, 3.05) is 0 Å². The summed E-state index contributed by atoms with van der Waals surface area (Å²) in [4.78, 5) is 11.3. The number of hydrazine groups is 1. The first-order chi connectivity index (χ1) is 8.12. The Morgan fingerprint density at radius 3 is 2.88 bits per heavy atom. The lowest BCUT2D eigenvalue weighted by molar-refractivity contribution is -0.128. The molecule has 0 aliphatic rings. The number of ether oxygens (including phenoxy) is 1. The Morgan fingerprint density at radius 1 is 1.71 bits per heavy atom. The molecule has 1 rings (SSSR count). The zero-order valence-corrected chi connectivity index (χ0v) is 9.99. The second kappa shape index (κ2) is 6.09. The maximum Gasteiger partial charge on any atom is 0.274 e. The lowest BCUT2D eigenvalue weighted by atomic mass is 10.2. The molecule has 0 bridgehead atoms. The Morgan fingerprint density at radius 2 is 2.41 bits per heavy atom. The van der Waals surface area contributed by atoms with Crippen LogP contribution in [0.1, 0.15) is 18.9 Å². The van der Waals surface area contributed by atoms with Gasteiger partial charge in [0.2, 0.25) is 0 Å². The third kappa shape index (κ3) is 3.34. The van der Waals surface area contributed by atoms with Crippen LogP contribution in [-0.2, 0) is 4.79 Å².